The van der Waals surface area contributed by atoms with Gasteiger partial charge in [-0.2, -0.15) is 0 Å². The largest absolute Gasteiger partial charge is 0.255 e. The predicted molar refractivity (Wildman–Crippen MR) is 71.9 cm³/mol. The second-order valence-electron chi connectivity index (χ2n) is 4.35. The first kappa shape index (κ1) is 10.9. The average molecular weight is 237 g/mol. The third-order valence-corrected chi connectivity index (χ3v) is 3.10. The van der Waals surface area contributed by atoms with Crippen LogP contribution in [0.2, 0.25) is 0 Å². The smallest absolute Gasteiger partial charge is 0.123 e. The highest BCUT2D eigenvalue weighted by molar-refractivity contribution is 5.96. The third-order valence-electron chi connectivity index (χ3n) is 3.10. The summed E-state index contributed by atoms with van der Waals surface area (Å²) in [4.78, 5) is 4.48. The van der Waals surface area contributed by atoms with Crippen molar-refractivity contribution in [2.24, 2.45) is 0 Å². The molecular formula is C16H12FN. The fraction of sp³-hybridized carbons (Fsp3) is 0.0625. The summed E-state index contributed by atoms with van der Waals surface area (Å²) in [5.41, 5.74) is 2.94. The van der Waals surface area contributed by atoms with Crippen molar-refractivity contribution in [1.82, 2.24) is 4.98 Å². The van der Waals surface area contributed by atoms with Crippen LogP contribution in [0.15, 0.2) is 54.7 Å². The van der Waals surface area contributed by atoms with Crippen LogP contribution in [0.5, 0.6) is 0 Å². The summed E-state index contributed by atoms with van der Waals surface area (Å²) >= 11 is 0. The lowest BCUT2D eigenvalue weighted by Gasteiger charge is -2.08. The van der Waals surface area contributed by atoms with E-state index in [2.05, 4.69) is 4.98 Å². The average Bonchev–Trinajstić information content (AvgIpc) is 2.41. The van der Waals surface area contributed by atoms with Crippen molar-refractivity contribution in [1.29, 1.82) is 0 Å². The van der Waals surface area contributed by atoms with Crippen LogP contribution in [0.1, 0.15) is 5.56 Å². The molecule has 0 aliphatic carbocycles. The van der Waals surface area contributed by atoms with E-state index in [0.717, 1.165) is 27.6 Å². The fourth-order valence-corrected chi connectivity index (χ4v) is 2.18. The maximum atomic E-state index is 13.3. The van der Waals surface area contributed by atoms with E-state index >= 15 is 0 Å². The molecule has 2 heteroatoms. The van der Waals surface area contributed by atoms with Crippen LogP contribution in [0.4, 0.5) is 4.39 Å². The zero-order valence-electron chi connectivity index (χ0n) is 10.0. The summed E-state index contributed by atoms with van der Waals surface area (Å²) in [6.07, 6.45) is 1.80. The predicted octanol–water partition coefficient (Wildman–Crippen LogP) is 4.35. The molecule has 0 aliphatic heterocycles. The molecule has 0 N–H and O–H groups in total. The van der Waals surface area contributed by atoms with Gasteiger partial charge in [0, 0.05) is 17.1 Å². The van der Waals surface area contributed by atoms with E-state index in [4.69, 9.17) is 0 Å². The minimum Gasteiger partial charge on any atom is -0.255 e. The molecule has 0 saturated carbocycles. The van der Waals surface area contributed by atoms with Gasteiger partial charge in [0.25, 0.3) is 0 Å². The van der Waals surface area contributed by atoms with Gasteiger partial charge in [-0.15, -0.1) is 0 Å². The van der Waals surface area contributed by atoms with Gasteiger partial charge in [0.05, 0.1) is 5.69 Å². The molecule has 0 bridgehead atoms. The highest BCUT2D eigenvalue weighted by atomic mass is 19.1. The van der Waals surface area contributed by atoms with Gasteiger partial charge >= 0.3 is 0 Å². The normalized spacial score (nSPS) is 10.8. The Bertz CT molecular complexity index is 705. The summed E-state index contributed by atoms with van der Waals surface area (Å²) in [7, 11) is 0. The topological polar surface area (TPSA) is 12.9 Å². The number of aromatic nitrogens is 1. The molecule has 0 amide bonds. The van der Waals surface area contributed by atoms with Crippen molar-refractivity contribution >= 4 is 10.8 Å². The Balaban J connectivity index is 2.35. The van der Waals surface area contributed by atoms with Crippen LogP contribution in [0.3, 0.4) is 0 Å². The Labute approximate surface area is 105 Å². The van der Waals surface area contributed by atoms with Gasteiger partial charge in [0.2, 0.25) is 0 Å². The van der Waals surface area contributed by atoms with E-state index in [-0.39, 0.29) is 5.82 Å². The van der Waals surface area contributed by atoms with Gasteiger partial charge in [0.1, 0.15) is 5.82 Å². The summed E-state index contributed by atoms with van der Waals surface area (Å²) in [6.45, 7) is 1.95. The molecule has 1 aromatic heterocycles. The van der Waals surface area contributed by atoms with Crippen LogP contribution in [0.25, 0.3) is 22.0 Å². The van der Waals surface area contributed by atoms with E-state index in [0.29, 0.717) is 0 Å². The fourth-order valence-electron chi connectivity index (χ4n) is 2.18. The third kappa shape index (κ3) is 1.76. The number of hydrogen-bond acceptors (Lipinski definition) is 1. The Kier molecular flexibility index (Phi) is 2.56. The number of rotatable bonds is 1. The maximum absolute atomic E-state index is 13.3. The zero-order chi connectivity index (χ0) is 12.5. The monoisotopic (exact) mass is 237 g/mol. The Morgan fingerprint density at radius 2 is 1.72 bits per heavy atom. The molecule has 1 nitrogen and oxygen atoms in total. The lowest BCUT2D eigenvalue weighted by atomic mass is 10.0. The Morgan fingerprint density at radius 3 is 2.50 bits per heavy atom. The van der Waals surface area contributed by atoms with Gasteiger partial charge in [0.15, 0.2) is 0 Å². The van der Waals surface area contributed by atoms with Crippen molar-refractivity contribution in [3.8, 4) is 11.3 Å². The molecule has 1 heterocycles. The number of pyridine rings is 1. The number of halogens is 1. The molecule has 0 saturated heterocycles. The maximum Gasteiger partial charge on any atom is 0.123 e. The van der Waals surface area contributed by atoms with E-state index in [1.54, 1.807) is 18.3 Å². The molecule has 0 atom stereocenters. The Morgan fingerprint density at radius 1 is 0.944 bits per heavy atom. The molecule has 0 aliphatic rings. The van der Waals surface area contributed by atoms with Crippen molar-refractivity contribution < 1.29 is 4.39 Å². The summed E-state index contributed by atoms with van der Waals surface area (Å²) < 4.78 is 13.3. The highest BCUT2D eigenvalue weighted by Crippen LogP contribution is 2.28. The number of benzene rings is 2. The number of fused-ring (bicyclic) bond motifs is 1. The van der Waals surface area contributed by atoms with E-state index < -0.39 is 0 Å². The van der Waals surface area contributed by atoms with Gasteiger partial charge in [-0.05, 0) is 36.1 Å². The quantitative estimate of drug-likeness (QED) is 0.613. The van der Waals surface area contributed by atoms with Gasteiger partial charge in [-0.25, -0.2) is 4.39 Å². The van der Waals surface area contributed by atoms with Crippen molar-refractivity contribution in [3.05, 3.63) is 66.1 Å². The van der Waals surface area contributed by atoms with E-state index in [1.807, 2.05) is 37.3 Å². The van der Waals surface area contributed by atoms with Crippen LogP contribution in [-0.2, 0) is 0 Å². The second-order valence-corrected chi connectivity index (χ2v) is 4.35. The van der Waals surface area contributed by atoms with Gasteiger partial charge in [-0.1, -0.05) is 30.3 Å². The number of aryl methyl sites for hydroxylation is 1. The molecule has 0 spiro atoms. The summed E-state index contributed by atoms with van der Waals surface area (Å²) in [6, 6.07) is 14.8. The van der Waals surface area contributed by atoms with Crippen molar-refractivity contribution in [3.63, 3.8) is 0 Å². The van der Waals surface area contributed by atoms with Gasteiger partial charge < -0.3 is 0 Å². The first-order chi connectivity index (χ1) is 8.75. The van der Waals surface area contributed by atoms with Crippen LogP contribution >= 0.6 is 0 Å². The van der Waals surface area contributed by atoms with Crippen LogP contribution < -0.4 is 0 Å². The molecule has 2 aromatic carbocycles. The molecule has 88 valence electrons. The molecule has 18 heavy (non-hydrogen) atoms. The molecule has 0 radical (unpaired) electrons. The van der Waals surface area contributed by atoms with Crippen LogP contribution in [0, 0.1) is 12.7 Å². The second kappa shape index (κ2) is 4.22. The number of nitrogens with zero attached hydrogens (tertiary/aromatic N) is 1. The summed E-state index contributed by atoms with van der Waals surface area (Å²) in [5.74, 6) is -0.212. The first-order valence-corrected chi connectivity index (χ1v) is 5.86. The molecular weight excluding hydrogens is 225 g/mol. The summed E-state index contributed by atoms with van der Waals surface area (Å²) in [5, 5.41) is 1.91. The zero-order valence-corrected chi connectivity index (χ0v) is 10.0. The van der Waals surface area contributed by atoms with Crippen LogP contribution in [-0.4, -0.2) is 4.98 Å². The standard InChI is InChI=1S/C16H12FN/c1-11-10-18-16(12-5-3-2-4-6-12)14-8-7-13(17)9-15(11)14/h2-10H,1H3. The lowest BCUT2D eigenvalue weighted by Crippen LogP contribution is -1.89. The highest BCUT2D eigenvalue weighted by Gasteiger charge is 2.07. The van der Waals surface area contributed by atoms with E-state index in [9.17, 15) is 4.39 Å². The first-order valence-electron chi connectivity index (χ1n) is 5.86. The van der Waals surface area contributed by atoms with Gasteiger partial charge in [-0.3, -0.25) is 4.98 Å². The van der Waals surface area contributed by atoms with E-state index in [1.165, 1.54) is 6.07 Å². The minimum absolute atomic E-state index is 0.212. The Hall–Kier alpha value is -2.22. The van der Waals surface area contributed by atoms with Crippen molar-refractivity contribution in [2.75, 3.05) is 0 Å². The molecule has 3 aromatic rings. The molecule has 3 rings (SSSR count). The SMILES string of the molecule is Cc1cnc(-c2ccccc2)c2ccc(F)cc12. The number of hydrogen-bond donors (Lipinski definition) is 0. The lowest BCUT2D eigenvalue weighted by molar-refractivity contribution is 0.629. The molecule has 0 unspecified atom stereocenters. The molecule has 0 fully saturated rings. The van der Waals surface area contributed by atoms with Crippen molar-refractivity contribution in [2.45, 2.75) is 6.92 Å². The minimum atomic E-state index is -0.212.